The smallest absolute Gasteiger partial charge is 0.338 e. The van der Waals surface area contributed by atoms with E-state index in [1.54, 1.807) is 6.07 Å². The number of ether oxygens (including phenoxy) is 1. The third-order valence-corrected chi connectivity index (χ3v) is 4.85. The lowest BCUT2D eigenvalue weighted by Crippen LogP contribution is -2.06. The molecule has 2 aromatic carbocycles. The first-order valence-electron chi connectivity index (χ1n) is 8.83. The van der Waals surface area contributed by atoms with Crippen molar-refractivity contribution in [1.82, 2.24) is 14.8 Å². The van der Waals surface area contributed by atoms with E-state index in [0.29, 0.717) is 33.9 Å². The predicted octanol–water partition coefficient (Wildman–Crippen LogP) is 4.90. The molecule has 5 nitrogen and oxygen atoms in total. The fourth-order valence-electron chi connectivity index (χ4n) is 3.25. The SMILES string of the molecule is COC(=O)c1cc(-c2ccccc2)nc2c1c(C)nn2Cc1ccc(Cl)cc1. The molecule has 2 aromatic heterocycles. The Morgan fingerprint density at radius 2 is 1.82 bits per heavy atom. The maximum atomic E-state index is 12.5. The monoisotopic (exact) mass is 391 g/mol. The Morgan fingerprint density at radius 1 is 1.11 bits per heavy atom. The third-order valence-electron chi connectivity index (χ3n) is 4.60. The summed E-state index contributed by atoms with van der Waals surface area (Å²) >= 11 is 5.99. The molecule has 28 heavy (non-hydrogen) atoms. The number of benzene rings is 2. The van der Waals surface area contributed by atoms with Crippen molar-refractivity contribution in [3.8, 4) is 11.3 Å². The zero-order valence-corrected chi connectivity index (χ0v) is 16.3. The zero-order chi connectivity index (χ0) is 19.7. The highest BCUT2D eigenvalue weighted by Gasteiger charge is 2.20. The number of halogens is 1. The van der Waals surface area contributed by atoms with Gasteiger partial charge < -0.3 is 4.74 Å². The molecule has 0 bridgehead atoms. The van der Waals surface area contributed by atoms with Gasteiger partial charge >= 0.3 is 5.97 Å². The number of rotatable bonds is 4. The largest absolute Gasteiger partial charge is 0.465 e. The highest BCUT2D eigenvalue weighted by Crippen LogP contribution is 2.28. The number of aryl methyl sites for hydroxylation is 1. The van der Waals surface area contributed by atoms with Crippen LogP contribution in [0.2, 0.25) is 5.02 Å². The van der Waals surface area contributed by atoms with Crippen LogP contribution in [0.4, 0.5) is 0 Å². The van der Waals surface area contributed by atoms with E-state index >= 15 is 0 Å². The molecule has 0 amide bonds. The van der Waals surface area contributed by atoms with Crippen molar-refractivity contribution < 1.29 is 9.53 Å². The lowest BCUT2D eigenvalue weighted by molar-refractivity contribution is 0.0603. The summed E-state index contributed by atoms with van der Waals surface area (Å²) in [4.78, 5) is 17.3. The average Bonchev–Trinajstić information content (AvgIpc) is 3.04. The molecule has 4 rings (SSSR count). The molecule has 0 N–H and O–H groups in total. The Hall–Kier alpha value is -3.18. The van der Waals surface area contributed by atoms with Gasteiger partial charge in [-0.25, -0.2) is 14.5 Å². The van der Waals surface area contributed by atoms with Gasteiger partial charge in [0.2, 0.25) is 0 Å². The molecular formula is C22H18ClN3O2. The highest BCUT2D eigenvalue weighted by molar-refractivity contribution is 6.30. The summed E-state index contributed by atoms with van der Waals surface area (Å²) in [6.45, 7) is 2.39. The predicted molar refractivity (Wildman–Crippen MR) is 110 cm³/mol. The van der Waals surface area contributed by atoms with E-state index in [4.69, 9.17) is 21.3 Å². The van der Waals surface area contributed by atoms with Gasteiger partial charge in [0, 0.05) is 10.6 Å². The summed E-state index contributed by atoms with van der Waals surface area (Å²) in [7, 11) is 1.38. The van der Waals surface area contributed by atoms with Crippen LogP contribution in [-0.2, 0) is 11.3 Å². The molecule has 0 fully saturated rings. The van der Waals surface area contributed by atoms with Crippen LogP contribution in [0.15, 0.2) is 60.7 Å². The lowest BCUT2D eigenvalue weighted by Gasteiger charge is -2.08. The average molecular weight is 392 g/mol. The van der Waals surface area contributed by atoms with Gasteiger partial charge in [0.15, 0.2) is 5.65 Å². The Bertz CT molecular complexity index is 1150. The summed E-state index contributed by atoms with van der Waals surface area (Å²) in [6, 6.07) is 19.1. The molecule has 0 saturated carbocycles. The van der Waals surface area contributed by atoms with Crippen molar-refractivity contribution in [2.45, 2.75) is 13.5 Å². The van der Waals surface area contributed by atoms with E-state index in [0.717, 1.165) is 16.8 Å². The van der Waals surface area contributed by atoms with E-state index in [9.17, 15) is 4.79 Å². The maximum Gasteiger partial charge on any atom is 0.338 e. The molecule has 140 valence electrons. The fourth-order valence-corrected chi connectivity index (χ4v) is 3.38. The number of methoxy groups -OCH3 is 1. The van der Waals surface area contributed by atoms with Gasteiger partial charge in [0.05, 0.1) is 36.0 Å². The normalized spacial score (nSPS) is 11.0. The first-order chi connectivity index (χ1) is 13.6. The van der Waals surface area contributed by atoms with Gasteiger partial charge in [-0.3, -0.25) is 0 Å². The minimum absolute atomic E-state index is 0.404. The van der Waals surface area contributed by atoms with Crippen LogP contribution in [0.5, 0.6) is 0 Å². The van der Waals surface area contributed by atoms with Gasteiger partial charge in [-0.2, -0.15) is 5.10 Å². The molecule has 6 heteroatoms. The Labute approximate surface area is 167 Å². The van der Waals surface area contributed by atoms with Crippen LogP contribution in [-0.4, -0.2) is 27.8 Å². The second-order valence-corrected chi connectivity index (χ2v) is 6.92. The van der Waals surface area contributed by atoms with Crippen LogP contribution in [0, 0.1) is 6.92 Å². The second kappa shape index (κ2) is 7.44. The molecule has 0 radical (unpaired) electrons. The number of carbonyl (C=O) groups is 1. The van der Waals surface area contributed by atoms with Crippen molar-refractivity contribution in [3.05, 3.63) is 82.5 Å². The molecule has 4 aromatic rings. The maximum absolute atomic E-state index is 12.5. The standard InChI is InChI=1S/C22H18ClN3O2/c1-14-20-18(22(27)28-2)12-19(16-6-4-3-5-7-16)24-21(20)26(25-14)13-15-8-10-17(23)11-9-15/h3-12H,13H2,1-2H3. The highest BCUT2D eigenvalue weighted by atomic mass is 35.5. The van der Waals surface area contributed by atoms with E-state index in [1.807, 2.05) is 66.2 Å². The van der Waals surface area contributed by atoms with Crippen LogP contribution >= 0.6 is 11.6 Å². The van der Waals surface area contributed by atoms with E-state index < -0.39 is 5.97 Å². The Morgan fingerprint density at radius 3 is 2.50 bits per heavy atom. The van der Waals surface area contributed by atoms with Crippen molar-refractivity contribution in [2.75, 3.05) is 7.11 Å². The minimum Gasteiger partial charge on any atom is -0.465 e. The van der Waals surface area contributed by atoms with Crippen molar-refractivity contribution in [1.29, 1.82) is 0 Å². The van der Waals surface area contributed by atoms with Crippen molar-refractivity contribution >= 4 is 28.6 Å². The fraction of sp³-hybridized carbons (Fsp3) is 0.136. The molecular weight excluding hydrogens is 374 g/mol. The third kappa shape index (κ3) is 3.37. The second-order valence-electron chi connectivity index (χ2n) is 6.48. The van der Waals surface area contributed by atoms with Gasteiger partial charge in [-0.1, -0.05) is 54.1 Å². The van der Waals surface area contributed by atoms with Crippen LogP contribution < -0.4 is 0 Å². The Kier molecular flexibility index (Phi) is 4.84. The summed E-state index contributed by atoms with van der Waals surface area (Å²) in [6.07, 6.45) is 0. The molecule has 0 unspecified atom stereocenters. The van der Waals surface area contributed by atoms with Crippen LogP contribution in [0.3, 0.4) is 0 Å². The molecule has 0 aliphatic carbocycles. The Balaban J connectivity index is 1.91. The van der Waals surface area contributed by atoms with E-state index in [-0.39, 0.29) is 0 Å². The lowest BCUT2D eigenvalue weighted by atomic mass is 10.1. The van der Waals surface area contributed by atoms with Gasteiger partial charge in [0.1, 0.15) is 0 Å². The molecule has 0 spiro atoms. The molecule has 2 heterocycles. The van der Waals surface area contributed by atoms with E-state index in [2.05, 4.69) is 5.10 Å². The number of nitrogens with zero attached hydrogens (tertiary/aromatic N) is 3. The summed E-state index contributed by atoms with van der Waals surface area (Å²) < 4.78 is 6.82. The first kappa shape index (κ1) is 18.2. The number of fused-ring (bicyclic) bond motifs is 1. The summed E-state index contributed by atoms with van der Waals surface area (Å²) in [5.74, 6) is -0.404. The van der Waals surface area contributed by atoms with Crippen LogP contribution in [0.25, 0.3) is 22.3 Å². The minimum atomic E-state index is -0.404. The topological polar surface area (TPSA) is 57.0 Å². The molecule has 0 aliphatic heterocycles. The number of aromatic nitrogens is 3. The van der Waals surface area contributed by atoms with Crippen molar-refractivity contribution in [3.63, 3.8) is 0 Å². The quantitative estimate of drug-likeness (QED) is 0.464. The van der Waals surface area contributed by atoms with Gasteiger partial charge in [-0.15, -0.1) is 0 Å². The number of hydrogen-bond donors (Lipinski definition) is 0. The number of carbonyl (C=O) groups excluding carboxylic acids is 1. The van der Waals surface area contributed by atoms with Gasteiger partial charge in [-0.05, 0) is 30.7 Å². The summed E-state index contributed by atoms with van der Waals surface area (Å²) in [5.41, 5.74) is 4.51. The number of esters is 1. The van der Waals surface area contributed by atoms with Crippen molar-refractivity contribution in [2.24, 2.45) is 0 Å². The zero-order valence-electron chi connectivity index (χ0n) is 15.5. The van der Waals surface area contributed by atoms with E-state index in [1.165, 1.54) is 7.11 Å². The number of hydrogen-bond acceptors (Lipinski definition) is 4. The van der Waals surface area contributed by atoms with Gasteiger partial charge in [0.25, 0.3) is 0 Å². The first-order valence-corrected chi connectivity index (χ1v) is 9.21. The molecule has 0 aliphatic rings. The molecule has 0 atom stereocenters. The van der Waals surface area contributed by atoms with Crippen LogP contribution in [0.1, 0.15) is 21.6 Å². The molecule has 0 saturated heterocycles. The summed E-state index contributed by atoms with van der Waals surface area (Å²) in [5, 5.41) is 6.02. The number of pyridine rings is 1.